The molecule has 3 aromatic carbocycles. The maximum Gasteiger partial charge on any atom is 0.0917 e. The predicted octanol–water partition coefficient (Wildman–Crippen LogP) is 6.71. The first kappa shape index (κ1) is 20.8. The molecule has 0 amide bonds. The van der Waals surface area contributed by atoms with Crippen molar-refractivity contribution in [3.63, 3.8) is 0 Å². The van der Waals surface area contributed by atoms with Crippen molar-refractivity contribution >= 4 is 21.5 Å². The van der Waals surface area contributed by atoms with Gasteiger partial charge in [0.25, 0.3) is 0 Å². The Hall–Kier alpha value is -1.90. The molecule has 0 saturated carbocycles. The van der Waals surface area contributed by atoms with E-state index in [1.54, 1.807) is 0 Å². The summed E-state index contributed by atoms with van der Waals surface area (Å²) in [6.07, 6.45) is 7.01. The second-order valence-electron chi connectivity index (χ2n) is 8.00. The lowest BCUT2D eigenvalue weighted by molar-refractivity contribution is 0.110. The van der Waals surface area contributed by atoms with Gasteiger partial charge in [0.05, 0.1) is 6.10 Å². The summed E-state index contributed by atoms with van der Waals surface area (Å²) < 4.78 is 0. The van der Waals surface area contributed by atoms with Crippen molar-refractivity contribution in [3.05, 3.63) is 60.2 Å². The first-order valence-electron chi connectivity index (χ1n) is 11.0. The smallest absolute Gasteiger partial charge is 0.0917 e. The molecule has 0 radical (unpaired) electrons. The summed E-state index contributed by atoms with van der Waals surface area (Å²) >= 11 is 0. The molecule has 0 aliphatic carbocycles. The standard InChI is InChI=1S/C26H35NO/c1-3-5-9-17-27(18-10-6-4-2)20-26(28)23-16-15-22-14-13-21-11-7-8-12-24(21)25(22)19-23/h7-8,11-16,19,26,28H,3-6,9-10,17-18,20H2,1-2H3. The summed E-state index contributed by atoms with van der Waals surface area (Å²) in [4.78, 5) is 2.46. The summed E-state index contributed by atoms with van der Waals surface area (Å²) in [6.45, 7) is 7.39. The highest BCUT2D eigenvalue weighted by Crippen LogP contribution is 2.28. The number of aliphatic hydroxyl groups excluding tert-OH is 1. The van der Waals surface area contributed by atoms with Gasteiger partial charge < -0.3 is 10.0 Å². The first-order valence-corrected chi connectivity index (χ1v) is 11.0. The zero-order valence-corrected chi connectivity index (χ0v) is 17.5. The largest absolute Gasteiger partial charge is 0.387 e. The maximum atomic E-state index is 11.0. The van der Waals surface area contributed by atoms with E-state index in [1.165, 1.54) is 60.1 Å². The number of fused-ring (bicyclic) bond motifs is 3. The topological polar surface area (TPSA) is 23.5 Å². The first-order chi connectivity index (χ1) is 13.7. The zero-order valence-electron chi connectivity index (χ0n) is 17.5. The SMILES string of the molecule is CCCCCN(CCCCC)CC(O)c1ccc2ccc3ccccc3c2c1. The number of benzene rings is 3. The molecule has 0 saturated heterocycles. The van der Waals surface area contributed by atoms with Crippen molar-refractivity contribution in [2.24, 2.45) is 0 Å². The third-order valence-corrected chi connectivity index (χ3v) is 5.74. The molecule has 0 heterocycles. The van der Waals surface area contributed by atoms with E-state index in [9.17, 15) is 5.11 Å². The van der Waals surface area contributed by atoms with Crippen LogP contribution in [0.25, 0.3) is 21.5 Å². The molecule has 0 spiro atoms. The van der Waals surface area contributed by atoms with Crippen LogP contribution in [0.2, 0.25) is 0 Å². The third kappa shape index (κ3) is 5.33. The van der Waals surface area contributed by atoms with Gasteiger partial charge in [0, 0.05) is 6.54 Å². The van der Waals surface area contributed by atoms with Gasteiger partial charge in [0.1, 0.15) is 0 Å². The van der Waals surface area contributed by atoms with Crippen molar-refractivity contribution < 1.29 is 5.11 Å². The number of aliphatic hydroxyl groups is 1. The summed E-state index contributed by atoms with van der Waals surface area (Å²) in [7, 11) is 0. The van der Waals surface area contributed by atoms with Gasteiger partial charge in [-0.05, 0) is 59.1 Å². The highest BCUT2D eigenvalue weighted by Gasteiger charge is 2.14. The van der Waals surface area contributed by atoms with Crippen LogP contribution in [-0.2, 0) is 0 Å². The van der Waals surface area contributed by atoms with Crippen LogP contribution in [0, 0.1) is 0 Å². The molecule has 0 bridgehead atoms. The van der Waals surface area contributed by atoms with Crippen LogP contribution in [0.4, 0.5) is 0 Å². The minimum absolute atomic E-state index is 0.438. The zero-order chi connectivity index (χ0) is 19.8. The lowest BCUT2D eigenvalue weighted by Gasteiger charge is -2.25. The number of nitrogens with zero attached hydrogens (tertiary/aromatic N) is 1. The summed E-state index contributed by atoms with van der Waals surface area (Å²) in [5.41, 5.74) is 1.03. The number of rotatable bonds is 11. The third-order valence-electron chi connectivity index (χ3n) is 5.74. The van der Waals surface area contributed by atoms with Crippen LogP contribution in [0.1, 0.15) is 64.0 Å². The highest BCUT2D eigenvalue weighted by atomic mass is 16.3. The highest BCUT2D eigenvalue weighted by molar-refractivity contribution is 6.07. The fraction of sp³-hybridized carbons (Fsp3) is 0.462. The Balaban J connectivity index is 1.78. The molecule has 1 N–H and O–H groups in total. The van der Waals surface area contributed by atoms with E-state index in [4.69, 9.17) is 0 Å². The van der Waals surface area contributed by atoms with Gasteiger partial charge in [-0.3, -0.25) is 0 Å². The number of hydrogen-bond donors (Lipinski definition) is 1. The molecule has 0 aliphatic rings. The van der Waals surface area contributed by atoms with E-state index in [2.05, 4.69) is 73.3 Å². The van der Waals surface area contributed by atoms with Gasteiger partial charge in [-0.2, -0.15) is 0 Å². The molecular formula is C26H35NO. The maximum absolute atomic E-state index is 11.0. The van der Waals surface area contributed by atoms with Gasteiger partial charge in [-0.1, -0.05) is 88.1 Å². The number of hydrogen-bond acceptors (Lipinski definition) is 2. The molecule has 2 heteroatoms. The van der Waals surface area contributed by atoms with Crippen LogP contribution in [0.3, 0.4) is 0 Å². The molecule has 0 fully saturated rings. The molecule has 1 atom stereocenters. The molecular weight excluding hydrogens is 342 g/mol. The molecule has 0 aromatic heterocycles. The van der Waals surface area contributed by atoms with Crippen LogP contribution < -0.4 is 0 Å². The van der Waals surface area contributed by atoms with E-state index in [0.29, 0.717) is 0 Å². The van der Waals surface area contributed by atoms with Crippen LogP contribution >= 0.6 is 0 Å². The average molecular weight is 378 g/mol. The fourth-order valence-corrected chi connectivity index (χ4v) is 4.04. The Kier molecular flexibility index (Phi) is 7.88. The van der Waals surface area contributed by atoms with Gasteiger partial charge in [0.15, 0.2) is 0 Å². The Morgan fingerprint density at radius 3 is 2.04 bits per heavy atom. The number of unbranched alkanes of at least 4 members (excludes halogenated alkanes) is 4. The van der Waals surface area contributed by atoms with E-state index >= 15 is 0 Å². The van der Waals surface area contributed by atoms with Gasteiger partial charge in [-0.25, -0.2) is 0 Å². The molecule has 3 rings (SSSR count). The minimum atomic E-state index is -0.438. The lowest BCUT2D eigenvalue weighted by Crippen LogP contribution is -2.30. The Bertz CT molecular complexity index is 863. The van der Waals surface area contributed by atoms with E-state index in [1.807, 2.05) is 0 Å². The lowest BCUT2D eigenvalue weighted by atomic mass is 9.98. The molecule has 150 valence electrons. The van der Waals surface area contributed by atoms with Gasteiger partial charge >= 0.3 is 0 Å². The van der Waals surface area contributed by atoms with E-state index in [-0.39, 0.29) is 0 Å². The predicted molar refractivity (Wildman–Crippen MR) is 122 cm³/mol. The second-order valence-corrected chi connectivity index (χ2v) is 8.00. The van der Waals surface area contributed by atoms with Crippen molar-refractivity contribution in [3.8, 4) is 0 Å². The van der Waals surface area contributed by atoms with Crippen LogP contribution in [0.15, 0.2) is 54.6 Å². The molecule has 3 aromatic rings. The van der Waals surface area contributed by atoms with Crippen molar-refractivity contribution in [2.45, 2.75) is 58.5 Å². The van der Waals surface area contributed by atoms with Crippen molar-refractivity contribution in [1.29, 1.82) is 0 Å². The Morgan fingerprint density at radius 1 is 0.750 bits per heavy atom. The molecule has 28 heavy (non-hydrogen) atoms. The van der Waals surface area contributed by atoms with Crippen LogP contribution in [-0.4, -0.2) is 29.6 Å². The molecule has 0 aliphatic heterocycles. The monoisotopic (exact) mass is 377 g/mol. The normalized spacial score (nSPS) is 12.9. The Morgan fingerprint density at radius 2 is 1.36 bits per heavy atom. The van der Waals surface area contributed by atoms with Gasteiger partial charge in [0.2, 0.25) is 0 Å². The van der Waals surface area contributed by atoms with E-state index < -0.39 is 6.10 Å². The van der Waals surface area contributed by atoms with Crippen molar-refractivity contribution in [2.75, 3.05) is 19.6 Å². The summed E-state index contributed by atoms with van der Waals surface area (Å²) in [6, 6.07) is 19.3. The summed E-state index contributed by atoms with van der Waals surface area (Å²) in [5, 5.41) is 16.0. The minimum Gasteiger partial charge on any atom is -0.387 e. The quantitative estimate of drug-likeness (QED) is 0.296. The average Bonchev–Trinajstić information content (AvgIpc) is 2.73. The summed E-state index contributed by atoms with van der Waals surface area (Å²) in [5.74, 6) is 0. The second kappa shape index (κ2) is 10.6. The Labute approximate surface area is 170 Å². The molecule has 2 nitrogen and oxygen atoms in total. The van der Waals surface area contributed by atoms with Crippen LogP contribution in [0.5, 0.6) is 0 Å². The van der Waals surface area contributed by atoms with Crippen molar-refractivity contribution in [1.82, 2.24) is 4.90 Å². The molecule has 1 unspecified atom stereocenters. The fourth-order valence-electron chi connectivity index (χ4n) is 4.04. The van der Waals surface area contributed by atoms with Gasteiger partial charge in [-0.15, -0.1) is 0 Å². The van der Waals surface area contributed by atoms with E-state index in [0.717, 1.165) is 25.2 Å².